The van der Waals surface area contributed by atoms with Crippen LogP contribution in [0, 0.1) is 0 Å². The fourth-order valence-electron chi connectivity index (χ4n) is 4.05. The maximum atomic E-state index is 12.4. The fraction of sp³-hybridized carbons (Fsp3) is 0.706. The molecule has 1 saturated carbocycles. The molecule has 3 rings (SSSR count). The second-order valence-corrected chi connectivity index (χ2v) is 7.20. The van der Waals surface area contributed by atoms with E-state index in [1.807, 2.05) is 6.20 Å². The Bertz CT molecular complexity index is 618. The molecule has 0 aromatic carbocycles. The number of H-pyrrole nitrogens is 1. The summed E-state index contributed by atoms with van der Waals surface area (Å²) in [6, 6.07) is -0.276. The smallest absolute Gasteiger partial charge is 0.323 e. The fourth-order valence-corrected chi connectivity index (χ4v) is 4.05. The number of nitrogens with one attached hydrogen (secondary N) is 2. The maximum Gasteiger partial charge on any atom is 0.324 e. The Morgan fingerprint density at radius 1 is 1.38 bits per heavy atom. The van der Waals surface area contributed by atoms with Crippen molar-refractivity contribution in [1.82, 2.24) is 25.3 Å². The molecule has 1 saturated heterocycles. The van der Waals surface area contributed by atoms with Gasteiger partial charge in [0, 0.05) is 30.8 Å². The van der Waals surface area contributed by atoms with Gasteiger partial charge in [-0.3, -0.25) is 14.8 Å². The standard InChI is InChI=1S/C17H27N5O2/c1-4-9-21(2)11-13-10-18-20-14(13)12-5-7-17(8-6-12)15(23)22(3)16(24)19-17/h10,12H,4-9,11H2,1-3H3,(H,18,20)(H,19,24). The molecule has 2 fully saturated rings. The van der Waals surface area contributed by atoms with Crippen molar-refractivity contribution >= 4 is 11.9 Å². The summed E-state index contributed by atoms with van der Waals surface area (Å²) in [5, 5.41) is 10.3. The first-order chi connectivity index (χ1) is 11.5. The molecule has 7 nitrogen and oxygen atoms in total. The number of amides is 3. The molecular weight excluding hydrogens is 306 g/mol. The first kappa shape index (κ1) is 17.0. The van der Waals surface area contributed by atoms with Crippen LogP contribution in [0.15, 0.2) is 6.20 Å². The minimum atomic E-state index is -0.679. The van der Waals surface area contributed by atoms with E-state index in [4.69, 9.17) is 0 Å². The molecule has 2 aliphatic rings. The SMILES string of the molecule is CCCN(C)Cc1cn[nH]c1C1CCC2(CC1)NC(=O)N(C)C2=O. The number of aromatic amines is 1. The van der Waals surface area contributed by atoms with Gasteiger partial charge in [0.1, 0.15) is 5.54 Å². The molecule has 2 heterocycles. The number of imide groups is 1. The molecule has 0 atom stereocenters. The van der Waals surface area contributed by atoms with Crippen molar-refractivity contribution in [2.75, 3.05) is 20.6 Å². The third-order valence-corrected chi connectivity index (χ3v) is 5.41. The van der Waals surface area contributed by atoms with Crippen LogP contribution in [0.2, 0.25) is 0 Å². The molecule has 2 N–H and O–H groups in total. The van der Waals surface area contributed by atoms with Crippen molar-refractivity contribution in [3.8, 4) is 0 Å². The van der Waals surface area contributed by atoms with E-state index in [9.17, 15) is 9.59 Å². The first-order valence-electron chi connectivity index (χ1n) is 8.78. The highest BCUT2D eigenvalue weighted by atomic mass is 16.2. The van der Waals surface area contributed by atoms with Gasteiger partial charge in [-0.2, -0.15) is 5.10 Å². The number of likely N-dealkylation sites (N-methyl/N-ethyl adjacent to an activating group) is 1. The Balaban J connectivity index is 1.67. The number of hydrogen-bond acceptors (Lipinski definition) is 4. The molecule has 0 radical (unpaired) electrons. The lowest BCUT2D eigenvalue weighted by atomic mass is 9.75. The number of hydrogen-bond donors (Lipinski definition) is 2. The van der Waals surface area contributed by atoms with Gasteiger partial charge in [-0.05, 0) is 45.7 Å². The van der Waals surface area contributed by atoms with Crippen molar-refractivity contribution in [2.45, 2.75) is 57.0 Å². The predicted octanol–water partition coefficient (Wildman–Crippen LogP) is 1.83. The van der Waals surface area contributed by atoms with Gasteiger partial charge in [-0.1, -0.05) is 6.92 Å². The van der Waals surface area contributed by atoms with Crippen LogP contribution in [0.25, 0.3) is 0 Å². The zero-order valence-electron chi connectivity index (χ0n) is 14.8. The molecular formula is C17H27N5O2. The maximum absolute atomic E-state index is 12.4. The molecule has 1 aromatic rings. The van der Waals surface area contributed by atoms with Crippen LogP contribution < -0.4 is 5.32 Å². The second kappa shape index (κ2) is 6.55. The highest BCUT2D eigenvalue weighted by Crippen LogP contribution is 2.41. The number of aromatic nitrogens is 2. The highest BCUT2D eigenvalue weighted by molar-refractivity contribution is 6.06. The molecule has 24 heavy (non-hydrogen) atoms. The number of nitrogens with zero attached hydrogens (tertiary/aromatic N) is 3. The Hall–Kier alpha value is -1.89. The average Bonchev–Trinajstić information content (AvgIpc) is 3.09. The van der Waals surface area contributed by atoms with E-state index < -0.39 is 5.54 Å². The van der Waals surface area contributed by atoms with E-state index in [0.717, 1.165) is 32.4 Å². The number of carbonyl (C=O) groups is 2. The van der Waals surface area contributed by atoms with E-state index in [1.165, 1.54) is 16.2 Å². The average molecular weight is 333 g/mol. The van der Waals surface area contributed by atoms with Crippen molar-refractivity contribution in [2.24, 2.45) is 0 Å². The van der Waals surface area contributed by atoms with Gasteiger partial charge in [0.15, 0.2) is 0 Å². The summed E-state index contributed by atoms with van der Waals surface area (Å²) in [6.07, 6.45) is 6.19. The minimum Gasteiger partial charge on any atom is -0.323 e. The van der Waals surface area contributed by atoms with Crippen LogP contribution >= 0.6 is 0 Å². The normalized spacial score (nSPS) is 27.3. The third-order valence-electron chi connectivity index (χ3n) is 5.41. The molecule has 1 aliphatic carbocycles. The van der Waals surface area contributed by atoms with Crippen molar-refractivity contribution in [3.63, 3.8) is 0 Å². The molecule has 7 heteroatoms. The zero-order valence-corrected chi connectivity index (χ0v) is 14.8. The van der Waals surface area contributed by atoms with Crippen LogP contribution in [-0.4, -0.2) is 58.1 Å². The van der Waals surface area contributed by atoms with Crippen LogP contribution in [0.5, 0.6) is 0 Å². The zero-order chi connectivity index (χ0) is 17.3. The van der Waals surface area contributed by atoms with E-state index in [2.05, 4.69) is 34.4 Å². The van der Waals surface area contributed by atoms with Gasteiger partial charge in [-0.25, -0.2) is 4.79 Å². The lowest BCUT2D eigenvalue weighted by Crippen LogP contribution is -2.49. The van der Waals surface area contributed by atoms with Gasteiger partial charge < -0.3 is 10.2 Å². The third kappa shape index (κ3) is 2.92. The van der Waals surface area contributed by atoms with Crippen molar-refractivity contribution < 1.29 is 9.59 Å². The summed E-state index contributed by atoms with van der Waals surface area (Å²) in [5.41, 5.74) is 1.75. The van der Waals surface area contributed by atoms with Gasteiger partial charge in [0.2, 0.25) is 0 Å². The van der Waals surface area contributed by atoms with Gasteiger partial charge in [-0.15, -0.1) is 0 Å². The summed E-state index contributed by atoms with van der Waals surface area (Å²) >= 11 is 0. The largest absolute Gasteiger partial charge is 0.324 e. The first-order valence-corrected chi connectivity index (χ1v) is 8.78. The summed E-state index contributed by atoms with van der Waals surface area (Å²) in [4.78, 5) is 27.7. The molecule has 3 amide bonds. The van der Waals surface area contributed by atoms with Gasteiger partial charge >= 0.3 is 6.03 Å². The Kier molecular flexibility index (Phi) is 4.62. The van der Waals surface area contributed by atoms with Crippen LogP contribution in [-0.2, 0) is 11.3 Å². The topological polar surface area (TPSA) is 81.3 Å². The minimum absolute atomic E-state index is 0.0848. The van der Waals surface area contributed by atoms with E-state index >= 15 is 0 Å². The second-order valence-electron chi connectivity index (χ2n) is 7.20. The monoisotopic (exact) mass is 333 g/mol. The van der Waals surface area contributed by atoms with E-state index in [0.29, 0.717) is 18.8 Å². The molecule has 0 bridgehead atoms. The van der Waals surface area contributed by atoms with E-state index in [1.54, 1.807) is 7.05 Å². The summed E-state index contributed by atoms with van der Waals surface area (Å²) in [7, 11) is 3.67. The van der Waals surface area contributed by atoms with Crippen molar-refractivity contribution in [3.05, 3.63) is 17.5 Å². The molecule has 1 aromatic heterocycles. The van der Waals surface area contributed by atoms with Crippen molar-refractivity contribution in [1.29, 1.82) is 0 Å². The predicted molar refractivity (Wildman–Crippen MR) is 90.5 cm³/mol. The Morgan fingerprint density at radius 3 is 2.67 bits per heavy atom. The number of rotatable bonds is 5. The highest BCUT2D eigenvalue weighted by Gasteiger charge is 2.51. The van der Waals surface area contributed by atoms with E-state index in [-0.39, 0.29) is 11.9 Å². The summed E-state index contributed by atoms with van der Waals surface area (Å²) in [6.45, 7) is 4.13. The van der Waals surface area contributed by atoms with Crippen LogP contribution in [0.1, 0.15) is 56.2 Å². The lowest BCUT2D eigenvalue weighted by molar-refractivity contribution is -0.131. The molecule has 0 unspecified atom stereocenters. The van der Waals surface area contributed by atoms with Crippen LogP contribution in [0.4, 0.5) is 4.79 Å². The molecule has 132 valence electrons. The quantitative estimate of drug-likeness (QED) is 0.806. The molecule has 1 spiro atoms. The number of carbonyl (C=O) groups excluding carboxylic acids is 2. The van der Waals surface area contributed by atoms with Gasteiger partial charge in [0.05, 0.1) is 6.20 Å². The molecule has 1 aliphatic heterocycles. The summed E-state index contributed by atoms with van der Waals surface area (Å²) < 4.78 is 0. The van der Waals surface area contributed by atoms with Crippen LogP contribution in [0.3, 0.4) is 0 Å². The Labute approximate surface area is 142 Å². The van der Waals surface area contributed by atoms with Gasteiger partial charge in [0.25, 0.3) is 5.91 Å². The Morgan fingerprint density at radius 2 is 2.08 bits per heavy atom. The summed E-state index contributed by atoms with van der Waals surface area (Å²) in [5.74, 6) is 0.289. The number of urea groups is 1. The lowest BCUT2D eigenvalue weighted by Gasteiger charge is -2.35.